The first-order valence-electron chi connectivity index (χ1n) is 9.43. The number of amides is 1. The summed E-state index contributed by atoms with van der Waals surface area (Å²) in [6.07, 6.45) is 6.55. The number of aromatic nitrogens is 1. The molecule has 0 bridgehead atoms. The molecule has 6 nitrogen and oxygen atoms in total. The highest BCUT2D eigenvalue weighted by Gasteiger charge is 2.29. The van der Waals surface area contributed by atoms with Crippen LogP contribution in [-0.2, 0) is 14.8 Å². The molecule has 0 aliphatic heterocycles. The summed E-state index contributed by atoms with van der Waals surface area (Å²) < 4.78 is 27.2. The Morgan fingerprint density at radius 2 is 1.89 bits per heavy atom. The number of carbonyl (C=O) groups is 1. The number of thioether (sulfide) groups is 1. The van der Waals surface area contributed by atoms with E-state index in [9.17, 15) is 13.2 Å². The smallest absolute Gasteiger partial charge is 0.244 e. The molecule has 1 saturated carbocycles. The van der Waals surface area contributed by atoms with E-state index in [0.29, 0.717) is 5.03 Å². The van der Waals surface area contributed by atoms with Gasteiger partial charge in [-0.1, -0.05) is 31.0 Å². The summed E-state index contributed by atoms with van der Waals surface area (Å²) in [6, 6.07) is 3.32. The Balaban J connectivity index is 2.04. The second kappa shape index (κ2) is 8.92. The third-order valence-corrected chi connectivity index (χ3v) is 7.58. The maximum Gasteiger partial charge on any atom is 0.244 e. The highest BCUT2D eigenvalue weighted by Crippen LogP contribution is 2.27. The first-order valence-corrected chi connectivity index (χ1v) is 11.8. The molecule has 1 aromatic rings. The lowest BCUT2D eigenvalue weighted by Crippen LogP contribution is -2.44. The molecule has 1 fully saturated rings. The van der Waals surface area contributed by atoms with Gasteiger partial charge in [-0.25, -0.2) is 13.4 Å². The molecule has 1 aromatic heterocycles. The molecule has 0 aromatic carbocycles. The normalized spacial score (nSPS) is 17.7. The van der Waals surface area contributed by atoms with Crippen molar-refractivity contribution >= 4 is 27.7 Å². The predicted octanol–water partition coefficient (Wildman–Crippen LogP) is 3.43. The van der Waals surface area contributed by atoms with Crippen molar-refractivity contribution in [2.75, 3.05) is 7.05 Å². The van der Waals surface area contributed by atoms with Crippen LogP contribution in [-0.4, -0.2) is 47.5 Å². The van der Waals surface area contributed by atoms with Gasteiger partial charge in [-0.2, -0.15) is 4.31 Å². The SMILES string of the molecule is C[C@@H](Sc1ccc(S(=O)(=O)N(C)C2CCCCC2)cn1)C(=O)NC(C)(C)C. The molecule has 8 heteroatoms. The minimum atomic E-state index is -3.54. The summed E-state index contributed by atoms with van der Waals surface area (Å²) in [6.45, 7) is 7.62. The number of carbonyl (C=O) groups excluding carboxylic acids is 1. The van der Waals surface area contributed by atoms with Gasteiger partial charge in [-0.05, 0) is 52.7 Å². The fraction of sp³-hybridized carbons (Fsp3) is 0.684. The Labute approximate surface area is 167 Å². The first-order chi connectivity index (χ1) is 12.5. The van der Waals surface area contributed by atoms with Crippen molar-refractivity contribution in [3.05, 3.63) is 18.3 Å². The van der Waals surface area contributed by atoms with E-state index in [0.717, 1.165) is 25.7 Å². The van der Waals surface area contributed by atoms with Crippen molar-refractivity contribution in [1.29, 1.82) is 0 Å². The van der Waals surface area contributed by atoms with E-state index in [4.69, 9.17) is 0 Å². The Morgan fingerprint density at radius 3 is 2.41 bits per heavy atom. The van der Waals surface area contributed by atoms with Gasteiger partial charge in [0.1, 0.15) is 4.90 Å². The van der Waals surface area contributed by atoms with Gasteiger partial charge in [0.05, 0.1) is 10.3 Å². The molecule has 1 amide bonds. The Hall–Kier alpha value is -1.12. The Morgan fingerprint density at radius 1 is 1.26 bits per heavy atom. The zero-order valence-electron chi connectivity index (χ0n) is 16.9. The van der Waals surface area contributed by atoms with E-state index in [2.05, 4.69) is 10.3 Å². The van der Waals surface area contributed by atoms with Crippen molar-refractivity contribution in [3.63, 3.8) is 0 Å². The number of nitrogens with zero attached hydrogens (tertiary/aromatic N) is 2. The van der Waals surface area contributed by atoms with Crippen molar-refractivity contribution in [2.45, 2.75) is 86.6 Å². The van der Waals surface area contributed by atoms with Crippen LogP contribution in [0, 0.1) is 0 Å². The van der Waals surface area contributed by atoms with E-state index in [1.165, 1.54) is 28.7 Å². The third-order valence-electron chi connectivity index (χ3n) is 4.64. The van der Waals surface area contributed by atoms with Crippen LogP contribution < -0.4 is 5.32 Å². The zero-order valence-corrected chi connectivity index (χ0v) is 18.5. The molecule has 1 atom stereocenters. The van der Waals surface area contributed by atoms with Crippen LogP contribution in [0.2, 0.25) is 0 Å². The molecule has 1 heterocycles. The highest BCUT2D eigenvalue weighted by molar-refractivity contribution is 8.00. The molecule has 1 N–H and O–H groups in total. The van der Waals surface area contributed by atoms with E-state index >= 15 is 0 Å². The van der Waals surface area contributed by atoms with E-state index in [1.54, 1.807) is 19.2 Å². The quantitative estimate of drug-likeness (QED) is 0.723. The van der Waals surface area contributed by atoms with Crippen LogP contribution in [0.3, 0.4) is 0 Å². The Bertz CT molecular complexity index is 736. The average Bonchev–Trinajstić information content (AvgIpc) is 2.60. The van der Waals surface area contributed by atoms with Crippen LogP contribution in [0.1, 0.15) is 59.8 Å². The van der Waals surface area contributed by atoms with Crippen LogP contribution in [0.25, 0.3) is 0 Å². The van der Waals surface area contributed by atoms with Gasteiger partial charge in [0.15, 0.2) is 0 Å². The maximum absolute atomic E-state index is 12.8. The number of rotatable bonds is 6. The van der Waals surface area contributed by atoms with Gasteiger partial charge in [-0.3, -0.25) is 4.79 Å². The lowest BCUT2D eigenvalue weighted by atomic mass is 9.96. The second-order valence-corrected chi connectivity index (χ2v) is 11.5. The molecule has 0 unspecified atom stereocenters. The molecule has 152 valence electrons. The van der Waals surface area contributed by atoms with Gasteiger partial charge >= 0.3 is 0 Å². The number of pyridine rings is 1. The van der Waals surface area contributed by atoms with Gasteiger partial charge < -0.3 is 5.32 Å². The molecule has 2 rings (SSSR count). The molecule has 1 aliphatic carbocycles. The fourth-order valence-corrected chi connectivity index (χ4v) is 5.25. The van der Waals surface area contributed by atoms with E-state index in [-0.39, 0.29) is 27.6 Å². The summed E-state index contributed by atoms with van der Waals surface area (Å²) >= 11 is 1.32. The minimum absolute atomic E-state index is 0.0666. The van der Waals surface area contributed by atoms with Gasteiger partial charge in [0.25, 0.3) is 0 Å². The summed E-state index contributed by atoms with van der Waals surface area (Å²) in [4.78, 5) is 16.7. The zero-order chi connectivity index (χ0) is 20.2. The monoisotopic (exact) mass is 413 g/mol. The van der Waals surface area contributed by atoms with Gasteiger partial charge in [0, 0.05) is 24.8 Å². The molecule has 1 aliphatic rings. The molecule has 0 saturated heterocycles. The lowest BCUT2D eigenvalue weighted by Gasteiger charge is -2.30. The molecule has 0 spiro atoms. The average molecular weight is 414 g/mol. The summed E-state index contributed by atoms with van der Waals surface area (Å²) in [5, 5.41) is 3.25. The number of hydrogen-bond donors (Lipinski definition) is 1. The van der Waals surface area contributed by atoms with Crippen LogP contribution >= 0.6 is 11.8 Å². The molecule has 0 radical (unpaired) electrons. The summed E-state index contributed by atoms with van der Waals surface area (Å²) in [5.41, 5.74) is -0.291. The topological polar surface area (TPSA) is 79.4 Å². The standard InChI is InChI=1S/C19H31N3O3S2/c1-14(18(23)21-19(2,3)4)26-17-12-11-16(13-20-17)27(24,25)22(5)15-9-7-6-8-10-15/h11-15H,6-10H2,1-5H3,(H,21,23)/t14-/m1/s1. The van der Waals surface area contributed by atoms with Crippen molar-refractivity contribution in [1.82, 2.24) is 14.6 Å². The van der Waals surface area contributed by atoms with E-state index in [1.807, 2.05) is 27.7 Å². The van der Waals surface area contributed by atoms with Crippen LogP contribution in [0.5, 0.6) is 0 Å². The summed E-state index contributed by atoms with van der Waals surface area (Å²) in [5.74, 6) is -0.0666. The second-order valence-electron chi connectivity index (χ2n) is 8.14. The lowest BCUT2D eigenvalue weighted by molar-refractivity contribution is -0.121. The van der Waals surface area contributed by atoms with Crippen molar-refractivity contribution in [2.24, 2.45) is 0 Å². The molecular formula is C19H31N3O3S2. The fourth-order valence-electron chi connectivity index (χ4n) is 3.10. The molecular weight excluding hydrogens is 382 g/mol. The van der Waals surface area contributed by atoms with Gasteiger partial charge in [0.2, 0.25) is 15.9 Å². The third kappa shape index (κ3) is 6.19. The molecule has 27 heavy (non-hydrogen) atoms. The van der Waals surface area contributed by atoms with Gasteiger partial charge in [-0.15, -0.1) is 0 Å². The maximum atomic E-state index is 12.8. The number of hydrogen-bond acceptors (Lipinski definition) is 5. The van der Waals surface area contributed by atoms with Crippen molar-refractivity contribution < 1.29 is 13.2 Å². The Kier molecular flexibility index (Phi) is 7.33. The minimum Gasteiger partial charge on any atom is -0.351 e. The highest BCUT2D eigenvalue weighted by atomic mass is 32.2. The van der Waals surface area contributed by atoms with E-state index < -0.39 is 10.0 Å². The number of nitrogens with one attached hydrogen (secondary N) is 1. The summed E-state index contributed by atoms with van der Waals surface area (Å²) in [7, 11) is -1.88. The predicted molar refractivity (Wildman–Crippen MR) is 109 cm³/mol. The number of sulfonamides is 1. The largest absolute Gasteiger partial charge is 0.351 e. The first kappa shape index (κ1) is 22.2. The van der Waals surface area contributed by atoms with Crippen LogP contribution in [0.15, 0.2) is 28.3 Å². The van der Waals surface area contributed by atoms with Crippen LogP contribution in [0.4, 0.5) is 0 Å². The van der Waals surface area contributed by atoms with Crippen molar-refractivity contribution in [3.8, 4) is 0 Å².